The van der Waals surface area contributed by atoms with E-state index in [2.05, 4.69) is 5.32 Å². The number of carbonyl (C=O) groups excluding carboxylic acids is 1. The normalized spacial score (nSPS) is 14.5. The van der Waals surface area contributed by atoms with Gasteiger partial charge in [-0.2, -0.15) is 0 Å². The van der Waals surface area contributed by atoms with Gasteiger partial charge in [-0.3, -0.25) is 0 Å². The van der Waals surface area contributed by atoms with Crippen molar-refractivity contribution in [3.8, 4) is 0 Å². The minimum absolute atomic E-state index is 0.778. The molecule has 1 N–H and O–H groups in total. The van der Waals surface area contributed by atoms with Crippen molar-refractivity contribution in [3.63, 3.8) is 0 Å². The fourth-order valence-electron chi connectivity index (χ4n) is 1.46. The average molecular weight is 159 g/mol. The first kappa shape index (κ1) is 7.14. The van der Waals surface area contributed by atoms with Gasteiger partial charge in [0.25, 0.3) is 0 Å². The lowest BCUT2D eigenvalue weighted by Gasteiger charge is -2.17. The van der Waals surface area contributed by atoms with E-state index in [-0.39, 0.29) is 0 Å². The molecule has 1 aliphatic rings. The zero-order valence-electron chi connectivity index (χ0n) is 6.63. The van der Waals surface area contributed by atoms with E-state index in [9.17, 15) is 4.79 Å². The molecule has 2 heteroatoms. The van der Waals surface area contributed by atoms with Crippen LogP contribution in [0.1, 0.15) is 12.0 Å². The van der Waals surface area contributed by atoms with Gasteiger partial charge >= 0.3 is 0 Å². The number of para-hydroxylation sites is 1. The Morgan fingerprint density at radius 3 is 3.00 bits per heavy atom. The summed E-state index contributed by atoms with van der Waals surface area (Å²) in [5, 5.41) is 3.23. The Morgan fingerprint density at radius 2 is 2.17 bits per heavy atom. The summed E-state index contributed by atoms with van der Waals surface area (Å²) in [6.07, 6.45) is 0.778. The molecule has 1 heterocycles. The Morgan fingerprint density at radius 1 is 1.33 bits per heavy atom. The second-order valence-corrected chi connectivity index (χ2v) is 2.80. The largest absolute Gasteiger partial charge is 0.384 e. The van der Waals surface area contributed by atoms with E-state index in [1.54, 1.807) is 0 Å². The zero-order chi connectivity index (χ0) is 8.39. The fraction of sp³-hybridized carbons (Fsp3) is 0.200. The number of rotatable bonds is 0. The van der Waals surface area contributed by atoms with Crippen LogP contribution in [-0.4, -0.2) is 12.5 Å². The highest BCUT2D eigenvalue weighted by atomic mass is 16.1. The lowest BCUT2D eigenvalue weighted by Crippen LogP contribution is -2.10. The fourth-order valence-corrected chi connectivity index (χ4v) is 1.46. The zero-order valence-corrected chi connectivity index (χ0v) is 6.63. The minimum atomic E-state index is 0.778. The van der Waals surface area contributed by atoms with Gasteiger partial charge in [0.05, 0.1) is 0 Å². The molecule has 2 nitrogen and oxygen atoms in total. The SMILES string of the molecule is O=C=C1CCNc2ccccc21. The molecule has 0 aliphatic carbocycles. The molecule has 0 amide bonds. The van der Waals surface area contributed by atoms with Gasteiger partial charge in [0.1, 0.15) is 5.94 Å². The van der Waals surface area contributed by atoms with E-state index in [1.807, 2.05) is 30.2 Å². The molecule has 0 saturated heterocycles. The summed E-state index contributed by atoms with van der Waals surface area (Å²) in [6, 6.07) is 7.82. The smallest absolute Gasteiger partial charge is 0.128 e. The number of anilines is 1. The molecule has 2 rings (SSSR count). The van der Waals surface area contributed by atoms with Crippen molar-refractivity contribution in [2.24, 2.45) is 0 Å². The predicted octanol–water partition coefficient (Wildman–Crippen LogP) is 1.72. The molecule has 60 valence electrons. The molecule has 0 saturated carbocycles. The van der Waals surface area contributed by atoms with Crippen LogP contribution in [-0.2, 0) is 4.79 Å². The quantitative estimate of drug-likeness (QED) is 0.584. The van der Waals surface area contributed by atoms with Gasteiger partial charge in [0.15, 0.2) is 0 Å². The molecule has 0 fully saturated rings. The molecular formula is C10H9NO. The maximum atomic E-state index is 10.5. The lowest BCUT2D eigenvalue weighted by molar-refractivity contribution is 0.569. The van der Waals surface area contributed by atoms with E-state index in [4.69, 9.17) is 0 Å². The summed E-state index contributed by atoms with van der Waals surface area (Å²) in [5.41, 5.74) is 2.82. The number of nitrogens with one attached hydrogen (secondary N) is 1. The first-order valence-corrected chi connectivity index (χ1v) is 3.99. The molecule has 1 aliphatic heterocycles. The highest BCUT2D eigenvalue weighted by Crippen LogP contribution is 2.27. The van der Waals surface area contributed by atoms with E-state index in [0.29, 0.717) is 0 Å². The molecule has 0 unspecified atom stereocenters. The molecule has 0 spiro atoms. The van der Waals surface area contributed by atoms with Crippen LogP contribution in [0.2, 0.25) is 0 Å². The monoisotopic (exact) mass is 159 g/mol. The van der Waals surface area contributed by atoms with Gasteiger partial charge in [0, 0.05) is 29.8 Å². The standard InChI is InChI=1S/C10H9NO/c12-7-8-5-6-11-10-4-2-1-3-9(8)10/h1-4,11H,5-6H2. The van der Waals surface area contributed by atoms with Crippen molar-refractivity contribution in [1.29, 1.82) is 0 Å². The van der Waals surface area contributed by atoms with E-state index in [0.717, 1.165) is 29.8 Å². The molecule has 12 heavy (non-hydrogen) atoms. The summed E-state index contributed by atoms with van der Waals surface area (Å²) in [5.74, 6) is 1.99. The van der Waals surface area contributed by atoms with Crippen molar-refractivity contribution in [1.82, 2.24) is 0 Å². The highest BCUT2D eigenvalue weighted by molar-refractivity contribution is 5.93. The van der Waals surface area contributed by atoms with Crippen LogP contribution in [0.15, 0.2) is 24.3 Å². The summed E-state index contributed by atoms with van der Waals surface area (Å²) < 4.78 is 0. The molecule has 0 radical (unpaired) electrons. The van der Waals surface area contributed by atoms with Gasteiger partial charge in [-0.15, -0.1) is 0 Å². The third-order valence-corrected chi connectivity index (χ3v) is 2.07. The van der Waals surface area contributed by atoms with Crippen molar-refractivity contribution in [2.75, 3.05) is 11.9 Å². The topological polar surface area (TPSA) is 29.1 Å². The number of fused-ring (bicyclic) bond motifs is 1. The van der Waals surface area contributed by atoms with Crippen LogP contribution < -0.4 is 5.32 Å². The van der Waals surface area contributed by atoms with Gasteiger partial charge < -0.3 is 5.32 Å². The van der Waals surface area contributed by atoms with Crippen LogP contribution in [0.5, 0.6) is 0 Å². The maximum Gasteiger partial charge on any atom is 0.128 e. The van der Waals surface area contributed by atoms with E-state index < -0.39 is 0 Å². The average Bonchev–Trinajstić information content (AvgIpc) is 2.17. The third-order valence-electron chi connectivity index (χ3n) is 2.07. The Bertz CT molecular complexity index is 351. The summed E-state index contributed by atoms with van der Waals surface area (Å²) >= 11 is 0. The van der Waals surface area contributed by atoms with Crippen LogP contribution in [0, 0.1) is 0 Å². The molecule has 1 aromatic carbocycles. The molecule has 1 aromatic rings. The third kappa shape index (κ3) is 1.03. The maximum absolute atomic E-state index is 10.5. The Hall–Kier alpha value is -1.53. The highest BCUT2D eigenvalue weighted by Gasteiger charge is 2.12. The lowest BCUT2D eigenvalue weighted by atomic mass is 9.99. The first-order valence-electron chi connectivity index (χ1n) is 3.99. The Balaban J connectivity index is 2.58. The van der Waals surface area contributed by atoms with Crippen LogP contribution in [0.3, 0.4) is 0 Å². The molecule has 0 bridgehead atoms. The first-order chi connectivity index (χ1) is 5.92. The molecule has 0 aromatic heterocycles. The van der Waals surface area contributed by atoms with Crippen molar-refractivity contribution < 1.29 is 4.79 Å². The van der Waals surface area contributed by atoms with E-state index >= 15 is 0 Å². The Kier molecular flexibility index (Phi) is 1.69. The van der Waals surface area contributed by atoms with Crippen molar-refractivity contribution in [3.05, 3.63) is 29.8 Å². The summed E-state index contributed by atoms with van der Waals surface area (Å²) in [7, 11) is 0. The molecular weight excluding hydrogens is 150 g/mol. The van der Waals surface area contributed by atoms with Gasteiger partial charge in [-0.25, -0.2) is 4.79 Å². The van der Waals surface area contributed by atoms with Crippen molar-refractivity contribution in [2.45, 2.75) is 6.42 Å². The van der Waals surface area contributed by atoms with Crippen LogP contribution >= 0.6 is 0 Å². The number of benzene rings is 1. The van der Waals surface area contributed by atoms with Crippen LogP contribution in [0.25, 0.3) is 5.57 Å². The molecule has 0 atom stereocenters. The van der Waals surface area contributed by atoms with Crippen LogP contribution in [0.4, 0.5) is 5.69 Å². The van der Waals surface area contributed by atoms with Crippen molar-refractivity contribution >= 4 is 17.2 Å². The van der Waals surface area contributed by atoms with Gasteiger partial charge in [0.2, 0.25) is 0 Å². The second kappa shape index (κ2) is 2.84. The Labute approximate surface area is 70.9 Å². The number of hydrogen-bond donors (Lipinski definition) is 1. The van der Waals surface area contributed by atoms with E-state index in [1.165, 1.54) is 0 Å². The predicted molar refractivity (Wildman–Crippen MR) is 48.6 cm³/mol. The minimum Gasteiger partial charge on any atom is -0.384 e. The van der Waals surface area contributed by atoms with Gasteiger partial charge in [-0.05, 0) is 6.07 Å². The number of hydrogen-bond acceptors (Lipinski definition) is 2. The summed E-state index contributed by atoms with van der Waals surface area (Å²) in [6.45, 7) is 0.835. The van der Waals surface area contributed by atoms with Gasteiger partial charge in [-0.1, -0.05) is 18.2 Å². The second-order valence-electron chi connectivity index (χ2n) is 2.80. The summed E-state index contributed by atoms with van der Waals surface area (Å²) in [4.78, 5) is 10.5.